The zero-order valence-electron chi connectivity index (χ0n) is 19.4. The highest BCUT2D eigenvalue weighted by molar-refractivity contribution is 7.89. The van der Waals surface area contributed by atoms with Gasteiger partial charge in [0.1, 0.15) is 4.90 Å². The van der Waals surface area contributed by atoms with Crippen molar-refractivity contribution in [3.63, 3.8) is 0 Å². The van der Waals surface area contributed by atoms with Crippen LogP contribution in [-0.4, -0.2) is 41.5 Å². The minimum absolute atomic E-state index is 0.0339. The molecule has 0 spiro atoms. The number of fused-ring (bicyclic) bond motifs is 1. The summed E-state index contributed by atoms with van der Waals surface area (Å²) in [5.41, 5.74) is 0.348. The Morgan fingerprint density at radius 3 is 2.53 bits per heavy atom. The first-order valence-electron chi connectivity index (χ1n) is 11.4. The van der Waals surface area contributed by atoms with Gasteiger partial charge in [-0.15, -0.1) is 11.3 Å². The van der Waals surface area contributed by atoms with Crippen molar-refractivity contribution in [1.29, 1.82) is 0 Å². The highest BCUT2D eigenvalue weighted by Gasteiger charge is 2.26. The fraction of sp³-hybridized carbons (Fsp3) is 0.458. The van der Waals surface area contributed by atoms with Crippen molar-refractivity contribution in [2.45, 2.75) is 62.9 Å². The molecule has 1 aromatic carbocycles. The highest BCUT2D eigenvalue weighted by Crippen LogP contribution is 2.38. The lowest BCUT2D eigenvalue weighted by Crippen LogP contribution is -2.38. The van der Waals surface area contributed by atoms with Crippen LogP contribution in [0.3, 0.4) is 0 Å². The Balaban J connectivity index is 1.80. The Hall–Kier alpha value is -2.40. The lowest BCUT2D eigenvalue weighted by atomic mass is 9.86. The number of pyridine rings is 1. The normalized spacial score (nSPS) is 15.5. The van der Waals surface area contributed by atoms with Gasteiger partial charge in [0.05, 0.1) is 21.9 Å². The molecule has 1 aliphatic carbocycles. The molecule has 1 amide bonds. The van der Waals surface area contributed by atoms with Crippen molar-refractivity contribution in [1.82, 2.24) is 15.3 Å². The van der Waals surface area contributed by atoms with Crippen molar-refractivity contribution < 1.29 is 18.3 Å². The van der Waals surface area contributed by atoms with Gasteiger partial charge in [0, 0.05) is 23.5 Å². The van der Waals surface area contributed by atoms with Crippen LogP contribution in [0.1, 0.15) is 61.4 Å². The van der Waals surface area contributed by atoms with E-state index in [0.717, 1.165) is 29.8 Å². The van der Waals surface area contributed by atoms with Gasteiger partial charge in [-0.25, -0.2) is 18.5 Å². The van der Waals surface area contributed by atoms with Crippen molar-refractivity contribution in [2.24, 2.45) is 11.1 Å². The second-order valence-electron chi connectivity index (χ2n) is 9.56. The molecule has 4 N–H and O–H groups in total. The van der Waals surface area contributed by atoms with Gasteiger partial charge in [-0.2, -0.15) is 0 Å². The van der Waals surface area contributed by atoms with Crippen LogP contribution >= 0.6 is 11.3 Å². The lowest BCUT2D eigenvalue weighted by Gasteiger charge is -2.21. The van der Waals surface area contributed by atoms with Gasteiger partial charge in [-0.1, -0.05) is 56.4 Å². The van der Waals surface area contributed by atoms with Crippen LogP contribution in [0, 0.1) is 5.92 Å². The maximum absolute atomic E-state index is 12.8. The van der Waals surface area contributed by atoms with Crippen molar-refractivity contribution >= 4 is 38.0 Å². The van der Waals surface area contributed by atoms with E-state index in [1.165, 1.54) is 36.8 Å². The van der Waals surface area contributed by atoms with E-state index >= 15 is 0 Å². The first-order chi connectivity index (χ1) is 16.0. The SMILES string of the molecule is CC(C)(O)CNC(=O)c1nc(CC2CCCCC2)c(-c2ncc(S(N)(=O)=O)c3ccccc23)s1. The number of nitrogens with zero attached hydrogens (tertiary/aromatic N) is 2. The first kappa shape index (κ1) is 24.7. The maximum atomic E-state index is 12.8. The minimum atomic E-state index is -3.95. The van der Waals surface area contributed by atoms with Crippen molar-refractivity contribution in [3.05, 3.63) is 41.2 Å². The fourth-order valence-electron chi connectivity index (χ4n) is 4.38. The molecule has 2 heterocycles. The minimum Gasteiger partial charge on any atom is -0.389 e. The molecule has 0 saturated heterocycles. The second-order valence-corrected chi connectivity index (χ2v) is 12.1. The van der Waals surface area contributed by atoms with Gasteiger partial charge in [0.25, 0.3) is 5.91 Å². The summed E-state index contributed by atoms with van der Waals surface area (Å²) in [6.07, 6.45) is 7.88. The van der Waals surface area contributed by atoms with Crippen LogP contribution in [0.25, 0.3) is 21.3 Å². The molecule has 182 valence electrons. The predicted octanol–water partition coefficient (Wildman–Crippen LogP) is 3.63. The maximum Gasteiger partial charge on any atom is 0.280 e. The van der Waals surface area contributed by atoms with Gasteiger partial charge in [0.15, 0.2) is 5.01 Å². The van der Waals surface area contributed by atoms with Crippen LogP contribution in [0.15, 0.2) is 35.4 Å². The van der Waals surface area contributed by atoms with Crippen LogP contribution in [0.4, 0.5) is 0 Å². The quantitative estimate of drug-likeness (QED) is 0.451. The molecule has 8 nitrogen and oxygen atoms in total. The molecule has 0 aliphatic heterocycles. The van der Waals surface area contributed by atoms with E-state index in [1.807, 2.05) is 12.1 Å². The van der Waals surface area contributed by atoms with Crippen LogP contribution in [0.2, 0.25) is 0 Å². The summed E-state index contributed by atoms with van der Waals surface area (Å²) < 4.78 is 24.3. The summed E-state index contributed by atoms with van der Waals surface area (Å²) in [4.78, 5) is 22.8. The molecule has 3 aromatic rings. The molecule has 0 atom stereocenters. The van der Waals surface area contributed by atoms with E-state index < -0.39 is 15.6 Å². The van der Waals surface area contributed by atoms with Crippen LogP contribution < -0.4 is 10.5 Å². The van der Waals surface area contributed by atoms with E-state index in [0.29, 0.717) is 27.4 Å². The van der Waals surface area contributed by atoms with E-state index in [-0.39, 0.29) is 17.3 Å². The average molecular weight is 503 g/mol. The third-order valence-electron chi connectivity index (χ3n) is 6.06. The second kappa shape index (κ2) is 9.69. The molecular weight excluding hydrogens is 472 g/mol. The van der Waals surface area contributed by atoms with Crippen LogP contribution in [-0.2, 0) is 16.4 Å². The number of carbonyl (C=O) groups is 1. The molecule has 0 radical (unpaired) electrons. The largest absolute Gasteiger partial charge is 0.389 e. The number of thiazole rings is 1. The van der Waals surface area contributed by atoms with E-state index in [2.05, 4.69) is 10.3 Å². The number of nitrogens with one attached hydrogen (secondary N) is 1. The Labute approximate surface area is 203 Å². The number of nitrogens with two attached hydrogens (primary N) is 1. The number of aromatic nitrogens is 2. The third-order valence-corrected chi connectivity index (χ3v) is 8.10. The van der Waals surface area contributed by atoms with Gasteiger partial charge >= 0.3 is 0 Å². The van der Waals surface area contributed by atoms with E-state index in [9.17, 15) is 18.3 Å². The van der Waals surface area contributed by atoms with Gasteiger partial charge < -0.3 is 10.4 Å². The number of aliphatic hydroxyl groups is 1. The molecular formula is C24H30N4O4S2. The lowest BCUT2D eigenvalue weighted by molar-refractivity contribution is 0.0694. The van der Waals surface area contributed by atoms with Crippen molar-refractivity contribution in [2.75, 3.05) is 6.54 Å². The molecule has 0 bridgehead atoms. The summed E-state index contributed by atoms with van der Waals surface area (Å²) in [5.74, 6) is 0.130. The molecule has 10 heteroatoms. The summed E-state index contributed by atoms with van der Waals surface area (Å²) in [6.45, 7) is 3.35. The first-order valence-corrected chi connectivity index (χ1v) is 13.8. The molecule has 1 fully saturated rings. The summed E-state index contributed by atoms with van der Waals surface area (Å²) in [5, 5.41) is 19.6. The average Bonchev–Trinajstić information content (AvgIpc) is 3.19. The van der Waals surface area contributed by atoms with Crippen LogP contribution in [0.5, 0.6) is 0 Å². The fourth-order valence-corrected chi connectivity index (χ4v) is 6.09. The summed E-state index contributed by atoms with van der Waals surface area (Å²) >= 11 is 1.24. The van der Waals surface area contributed by atoms with Gasteiger partial charge in [0.2, 0.25) is 10.0 Å². The van der Waals surface area contributed by atoms with Crippen molar-refractivity contribution in [3.8, 4) is 10.6 Å². The number of benzene rings is 1. The Morgan fingerprint density at radius 2 is 1.88 bits per heavy atom. The number of hydrogen-bond acceptors (Lipinski definition) is 7. The Kier molecular flexibility index (Phi) is 7.04. The third kappa shape index (κ3) is 5.63. The number of hydrogen-bond donors (Lipinski definition) is 3. The smallest absolute Gasteiger partial charge is 0.280 e. The molecule has 1 saturated carbocycles. The zero-order chi connectivity index (χ0) is 24.5. The Morgan fingerprint density at radius 1 is 1.21 bits per heavy atom. The molecule has 4 rings (SSSR count). The Bertz CT molecular complexity index is 1310. The number of amides is 1. The van der Waals surface area contributed by atoms with Gasteiger partial charge in [-0.3, -0.25) is 9.78 Å². The molecule has 34 heavy (non-hydrogen) atoms. The number of rotatable bonds is 7. The molecule has 1 aliphatic rings. The number of sulfonamides is 1. The standard InChI is InChI=1S/C24H30N4O4S2/c1-24(2,30)14-27-22(29)23-28-18(12-15-8-4-3-5-9-15)21(33-23)20-17-11-7-6-10-16(17)19(13-26-20)34(25,31)32/h6-7,10-11,13,15,30H,3-5,8-9,12,14H2,1-2H3,(H,27,29)(H2,25,31,32). The molecule has 2 aromatic heterocycles. The van der Waals surface area contributed by atoms with E-state index in [1.54, 1.807) is 26.0 Å². The molecule has 0 unspecified atom stereocenters. The number of primary sulfonamides is 1. The zero-order valence-corrected chi connectivity index (χ0v) is 21.0. The summed E-state index contributed by atoms with van der Waals surface area (Å²) in [7, 11) is -3.95. The monoisotopic (exact) mass is 502 g/mol. The summed E-state index contributed by atoms with van der Waals surface area (Å²) in [6, 6.07) is 7.09. The van der Waals surface area contributed by atoms with E-state index in [4.69, 9.17) is 10.1 Å². The van der Waals surface area contributed by atoms with Gasteiger partial charge in [-0.05, 0) is 26.2 Å². The number of carbonyl (C=O) groups excluding carboxylic acids is 1. The topological polar surface area (TPSA) is 135 Å². The predicted molar refractivity (Wildman–Crippen MR) is 133 cm³/mol. The highest BCUT2D eigenvalue weighted by atomic mass is 32.2.